The second kappa shape index (κ2) is 8.99. The molecule has 1 aromatic carbocycles. The summed E-state index contributed by atoms with van der Waals surface area (Å²) in [5.74, 6) is 0.0554. The molecule has 168 valence electrons. The van der Waals surface area contributed by atoms with Crippen LogP contribution in [0.3, 0.4) is 0 Å². The molecule has 31 heavy (non-hydrogen) atoms. The molecule has 0 spiro atoms. The number of carboxylic acid groups (broad SMARTS) is 1. The van der Waals surface area contributed by atoms with E-state index >= 15 is 0 Å². The zero-order chi connectivity index (χ0) is 22.0. The van der Waals surface area contributed by atoms with Crippen molar-refractivity contribution in [2.24, 2.45) is 11.8 Å². The zero-order valence-corrected chi connectivity index (χ0v) is 18.2. The highest BCUT2D eigenvalue weighted by Crippen LogP contribution is 2.43. The van der Waals surface area contributed by atoms with Gasteiger partial charge < -0.3 is 9.84 Å². The van der Waals surface area contributed by atoms with Crippen LogP contribution in [0.15, 0.2) is 30.3 Å². The molecule has 1 aromatic rings. The molecule has 4 rings (SSSR count). The Hall–Kier alpha value is -2.41. The first-order chi connectivity index (χ1) is 14.9. The largest absolute Gasteiger partial charge is 0.521 e. The summed E-state index contributed by atoms with van der Waals surface area (Å²) in [6.45, 7) is 2.73. The van der Waals surface area contributed by atoms with Gasteiger partial charge >= 0.3 is 18.1 Å². The minimum Gasteiger partial charge on any atom is -0.445 e. The number of hydrogen-bond donors (Lipinski definition) is 1. The van der Waals surface area contributed by atoms with Crippen LogP contribution in [0.4, 0.5) is 9.59 Å². The van der Waals surface area contributed by atoms with Crippen LogP contribution in [-0.2, 0) is 16.1 Å². The monoisotopic (exact) mass is 429 g/mol. The van der Waals surface area contributed by atoms with Gasteiger partial charge in [0.25, 0.3) is 0 Å². The number of piperidine rings is 1. The molecule has 1 saturated carbocycles. The van der Waals surface area contributed by atoms with E-state index in [1.54, 1.807) is 4.90 Å². The van der Waals surface area contributed by atoms with Crippen molar-refractivity contribution in [3.8, 4) is 0 Å². The maximum Gasteiger partial charge on any atom is 0.521 e. The van der Waals surface area contributed by atoms with E-state index in [9.17, 15) is 19.5 Å². The number of imide groups is 1. The van der Waals surface area contributed by atoms with E-state index in [0.29, 0.717) is 31.8 Å². The summed E-state index contributed by atoms with van der Waals surface area (Å²) in [5, 5.41) is 10.1. The first-order valence-electron chi connectivity index (χ1n) is 11.6. The number of fused-ring (bicyclic) bond motifs is 1. The molecule has 3 amide bonds. The highest BCUT2D eigenvalue weighted by molar-refractivity contribution is 5.88. The van der Waals surface area contributed by atoms with Crippen LogP contribution in [0.2, 0.25) is 0 Å². The van der Waals surface area contributed by atoms with Crippen molar-refractivity contribution in [3.63, 3.8) is 0 Å². The Morgan fingerprint density at radius 3 is 2.48 bits per heavy atom. The van der Waals surface area contributed by atoms with E-state index < -0.39 is 22.7 Å². The Bertz CT molecular complexity index is 829. The van der Waals surface area contributed by atoms with Gasteiger partial charge in [-0.15, -0.1) is 0 Å². The number of ether oxygens (including phenoxy) is 1. The van der Waals surface area contributed by atoms with E-state index in [1.165, 1.54) is 0 Å². The van der Waals surface area contributed by atoms with Gasteiger partial charge in [0.15, 0.2) is 6.04 Å². The van der Waals surface area contributed by atoms with Gasteiger partial charge in [0, 0.05) is 19.4 Å². The van der Waals surface area contributed by atoms with Gasteiger partial charge in [-0.1, -0.05) is 49.6 Å². The van der Waals surface area contributed by atoms with Gasteiger partial charge in [0.05, 0.1) is 6.54 Å². The number of quaternary nitrogens is 1. The molecule has 1 unspecified atom stereocenters. The third-order valence-corrected chi connectivity index (χ3v) is 7.76. The van der Waals surface area contributed by atoms with Crippen LogP contribution in [-0.4, -0.2) is 57.8 Å². The van der Waals surface area contributed by atoms with Crippen LogP contribution >= 0.6 is 0 Å². The number of likely N-dealkylation sites (tertiary alicyclic amines) is 2. The minimum absolute atomic E-state index is 0.0152. The lowest BCUT2D eigenvalue weighted by Crippen LogP contribution is -2.68. The van der Waals surface area contributed by atoms with Gasteiger partial charge in [0.2, 0.25) is 0 Å². The smallest absolute Gasteiger partial charge is 0.445 e. The van der Waals surface area contributed by atoms with Crippen molar-refractivity contribution in [1.82, 2.24) is 4.90 Å². The predicted molar refractivity (Wildman–Crippen MR) is 114 cm³/mol. The number of carbonyl (C=O) groups excluding carboxylic acids is 2. The van der Waals surface area contributed by atoms with Crippen molar-refractivity contribution in [1.29, 1.82) is 0 Å². The van der Waals surface area contributed by atoms with Gasteiger partial charge in [-0.2, -0.15) is 9.28 Å². The van der Waals surface area contributed by atoms with Crippen LogP contribution in [0.1, 0.15) is 57.4 Å². The summed E-state index contributed by atoms with van der Waals surface area (Å²) < 4.78 is 5.03. The van der Waals surface area contributed by atoms with E-state index in [1.807, 2.05) is 37.3 Å². The second-order valence-corrected chi connectivity index (χ2v) is 9.38. The predicted octanol–water partition coefficient (Wildman–Crippen LogP) is 4.41. The quantitative estimate of drug-likeness (QED) is 0.720. The van der Waals surface area contributed by atoms with Crippen LogP contribution in [0, 0.1) is 11.8 Å². The lowest BCUT2D eigenvalue weighted by atomic mass is 9.70. The molecular formula is C24H33N2O5+. The van der Waals surface area contributed by atoms with Crippen molar-refractivity contribution in [2.45, 2.75) is 70.6 Å². The third-order valence-electron chi connectivity index (χ3n) is 7.76. The number of rotatable bonds is 3. The maximum atomic E-state index is 14.0. The molecule has 0 radical (unpaired) electrons. The Labute approximate surface area is 183 Å². The fourth-order valence-electron chi connectivity index (χ4n) is 6.03. The highest BCUT2D eigenvalue weighted by atomic mass is 16.6. The molecule has 2 aliphatic heterocycles. The lowest BCUT2D eigenvalue weighted by molar-refractivity contribution is -0.793. The van der Waals surface area contributed by atoms with E-state index in [4.69, 9.17) is 4.74 Å². The molecule has 2 saturated heterocycles. The Kier molecular flexibility index (Phi) is 6.32. The molecule has 0 bridgehead atoms. The standard InChI is InChI=1S/C24H32N2O5/c1-17-8-7-15-26(17,24(29)30)22(27)21-20-12-6-5-11-19(20)13-14-25(21)23(28)31-16-18-9-3-2-4-10-18/h2-4,9-10,17,19-21H,5-8,11-16H2,1H3/p+1/t17-,19-,20-,21-,26?/m1/s1. The molecule has 3 fully saturated rings. The van der Waals surface area contributed by atoms with E-state index in [2.05, 4.69) is 0 Å². The summed E-state index contributed by atoms with van der Waals surface area (Å²) in [4.78, 5) is 41.0. The van der Waals surface area contributed by atoms with Crippen molar-refractivity contribution in [2.75, 3.05) is 13.1 Å². The summed E-state index contributed by atoms with van der Waals surface area (Å²) in [6.07, 6.45) is 4.71. The maximum absolute atomic E-state index is 14.0. The van der Waals surface area contributed by atoms with Crippen molar-refractivity contribution in [3.05, 3.63) is 35.9 Å². The first-order valence-corrected chi connectivity index (χ1v) is 11.6. The molecule has 3 aliphatic rings. The van der Waals surface area contributed by atoms with Crippen LogP contribution in [0.25, 0.3) is 0 Å². The molecule has 0 aromatic heterocycles. The second-order valence-electron chi connectivity index (χ2n) is 9.38. The van der Waals surface area contributed by atoms with Crippen molar-refractivity contribution < 1.29 is 28.7 Å². The Morgan fingerprint density at radius 1 is 1.06 bits per heavy atom. The molecule has 2 heterocycles. The number of amides is 3. The number of nitrogens with zero attached hydrogens (tertiary/aromatic N) is 2. The van der Waals surface area contributed by atoms with E-state index in [-0.39, 0.29) is 24.5 Å². The normalized spacial score (nSPS) is 32.9. The van der Waals surface area contributed by atoms with Crippen LogP contribution < -0.4 is 0 Å². The van der Waals surface area contributed by atoms with Crippen LogP contribution in [0.5, 0.6) is 0 Å². The van der Waals surface area contributed by atoms with Gasteiger partial charge in [0.1, 0.15) is 12.6 Å². The Morgan fingerprint density at radius 2 is 1.81 bits per heavy atom. The average Bonchev–Trinajstić information content (AvgIpc) is 3.19. The molecule has 7 heteroatoms. The summed E-state index contributed by atoms with van der Waals surface area (Å²) >= 11 is 0. The molecule has 7 nitrogen and oxygen atoms in total. The molecule has 1 aliphatic carbocycles. The molecule has 5 atom stereocenters. The van der Waals surface area contributed by atoms with Crippen molar-refractivity contribution >= 4 is 18.1 Å². The SMILES string of the molecule is C[C@@H]1CCC[N+]1(C(=O)O)C(=O)[C@H]1[C@@H]2CCCC[C@@H]2CCN1C(=O)OCc1ccccc1. The third kappa shape index (κ3) is 3.95. The summed E-state index contributed by atoms with van der Waals surface area (Å²) in [7, 11) is 0. The number of carbonyl (C=O) groups is 3. The van der Waals surface area contributed by atoms with E-state index in [0.717, 1.165) is 37.7 Å². The highest BCUT2D eigenvalue weighted by Gasteiger charge is 2.60. The molecular weight excluding hydrogens is 396 g/mol. The number of benzene rings is 1. The summed E-state index contributed by atoms with van der Waals surface area (Å²) in [6, 6.07) is 8.45. The summed E-state index contributed by atoms with van der Waals surface area (Å²) in [5.41, 5.74) is 0.883. The first kappa shape index (κ1) is 21.8. The topological polar surface area (TPSA) is 83.9 Å². The Balaban J connectivity index is 1.61. The number of hydrogen-bond acceptors (Lipinski definition) is 4. The fourth-order valence-corrected chi connectivity index (χ4v) is 6.03. The lowest BCUT2D eigenvalue weighted by Gasteiger charge is -2.47. The zero-order valence-electron chi connectivity index (χ0n) is 18.2. The van der Waals surface area contributed by atoms with Gasteiger partial charge in [-0.3, -0.25) is 4.90 Å². The van der Waals surface area contributed by atoms with Gasteiger partial charge in [-0.05, 0) is 37.2 Å². The fraction of sp³-hybridized carbons (Fsp3) is 0.625. The minimum atomic E-state index is -1.09. The van der Waals surface area contributed by atoms with Gasteiger partial charge in [-0.25, -0.2) is 9.59 Å². The average molecular weight is 430 g/mol. The molecule has 1 N–H and O–H groups in total.